The Morgan fingerprint density at radius 1 is 1.19 bits per heavy atom. The Hall–Kier alpha value is -0.900. The maximum absolute atomic E-state index is 12.1. The quantitative estimate of drug-likeness (QED) is 0.583. The Balaban J connectivity index is 2.58. The van der Waals surface area contributed by atoms with E-state index in [1.807, 2.05) is 34.6 Å². The largest absolute Gasteiger partial charge is 0.508 e. The molecule has 8 nitrogen and oxygen atoms in total. The van der Waals surface area contributed by atoms with Crippen molar-refractivity contribution in [2.45, 2.75) is 65.2 Å². The van der Waals surface area contributed by atoms with E-state index in [1.165, 1.54) is 10.6 Å². The van der Waals surface area contributed by atoms with Gasteiger partial charge in [0, 0.05) is 12.1 Å². The summed E-state index contributed by atoms with van der Waals surface area (Å²) in [4.78, 5) is 11.9. The van der Waals surface area contributed by atoms with Crippen LogP contribution in [-0.2, 0) is 24.2 Å². The Kier molecular flexibility index (Phi) is 9.47. The molecule has 160 valence electrons. The van der Waals surface area contributed by atoms with Crippen LogP contribution in [0.15, 0.2) is 0 Å². The average Bonchev–Trinajstić information content (AvgIpc) is 2.53. The second-order valence-electron chi connectivity index (χ2n) is 8.34. The van der Waals surface area contributed by atoms with E-state index in [4.69, 9.17) is 14.2 Å². The first-order valence-corrected chi connectivity index (χ1v) is 11.4. The summed E-state index contributed by atoms with van der Waals surface area (Å²) in [6.45, 7) is 11.4. The summed E-state index contributed by atoms with van der Waals surface area (Å²) in [7, 11) is -3.44. The van der Waals surface area contributed by atoms with Crippen molar-refractivity contribution in [2.24, 2.45) is 5.92 Å². The summed E-state index contributed by atoms with van der Waals surface area (Å²) >= 11 is 0. The van der Waals surface area contributed by atoms with Crippen molar-refractivity contribution in [1.82, 2.24) is 9.62 Å². The lowest BCUT2D eigenvalue weighted by Crippen LogP contribution is -2.50. The van der Waals surface area contributed by atoms with Gasteiger partial charge < -0.3 is 19.5 Å². The van der Waals surface area contributed by atoms with Gasteiger partial charge in [-0.1, -0.05) is 0 Å². The molecule has 0 amide bonds. The molecule has 0 saturated carbocycles. The first-order chi connectivity index (χ1) is 12.4. The molecule has 1 aliphatic heterocycles. The third-order valence-corrected chi connectivity index (χ3v) is 5.76. The number of piperidine rings is 1. The van der Waals surface area contributed by atoms with Crippen LogP contribution in [-0.4, -0.2) is 75.7 Å². The first kappa shape index (κ1) is 24.1. The third kappa shape index (κ3) is 9.73. The van der Waals surface area contributed by atoms with E-state index in [9.17, 15) is 13.2 Å². The Bertz CT molecular complexity index is 553. The molecule has 1 heterocycles. The van der Waals surface area contributed by atoms with Crippen molar-refractivity contribution < 1.29 is 27.4 Å². The second-order valence-corrected chi connectivity index (χ2v) is 10.2. The first-order valence-electron chi connectivity index (χ1n) is 9.53. The molecule has 0 bridgehead atoms. The van der Waals surface area contributed by atoms with Crippen molar-refractivity contribution in [3.05, 3.63) is 0 Å². The minimum Gasteiger partial charge on any atom is -0.434 e. The number of carbonyl (C=O) groups excluding carboxylic acids is 1. The van der Waals surface area contributed by atoms with E-state index < -0.39 is 27.8 Å². The molecule has 1 N–H and O–H groups in total. The molecule has 9 heteroatoms. The van der Waals surface area contributed by atoms with Crippen molar-refractivity contribution in [2.75, 3.05) is 39.1 Å². The highest BCUT2D eigenvalue weighted by molar-refractivity contribution is 7.88. The molecular formula is C18H36N2O6S. The molecule has 0 spiro atoms. The van der Waals surface area contributed by atoms with Gasteiger partial charge in [0.2, 0.25) is 10.0 Å². The van der Waals surface area contributed by atoms with E-state index in [0.717, 1.165) is 25.9 Å². The highest BCUT2D eigenvalue weighted by atomic mass is 32.2. The number of hydrogen-bond donors (Lipinski definition) is 1. The monoisotopic (exact) mass is 408 g/mol. The molecule has 1 rings (SSSR count). The van der Waals surface area contributed by atoms with Gasteiger partial charge in [-0.2, -0.15) is 4.31 Å². The van der Waals surface area contributed by atoms with E-state index in [-0.39, 0.29) is 19.3 Å². The summed E-state index contributed by atoms with van der Waals surface area (Å²) in [6, 6.07) is 0. The zero-order valence-corrected chi connectivity index (χ0v) is 18.3. The number of rotatable bonds is 9. The van der Waals surface area contributed by atoms with E-state index in [2.05, 4.69) is 5.32 Å². The average molecular weight is 409 g/mol. The summed E-state index contributed by atoms with van der Waals surface area (Å²) < 4.78 is 41.8. The molecule has 1 aliphatic rings. The van der Waals surface area contributed by atoms with Crippen molar-refractivity contribution in [3.63, 3.8) is 0 Å². The highest BCUT2D eigenvalue weighted by Crippen LogP contribution is 2.19. The van der Waals surface area contributed by atoms with Gasteiger partial charge in [-0.3, -0.25) is 0 Å². The predicted octanol–water partition coefficient (Wildman–Crippen LogP) is 1.99. The van der Waals surface area contributed by atoms with E-state index in [1.54, 1.807) is 0 Å². The van der Waals surface area contributed by atoms with Gasteiger partial charge in [0.25, 0.3) is 0 Å². The Morgan fingerprint density at radius 3 is 2.26 bits per heavy atom. The lowest BCUT2D eigenvalue weighted by atomic mass is 9.99. The molecule has 0 unspecified atom stereocenters. The van der Waals surface area contributed by atoms with E-state index in [0.29, 0.717) is 12.5 Å². The zero-order valence-electron chi connectivity index (χ0n) is 17.5. The topological polar surface area (TPSA) is 94.2 Å². The van der Waals surface area contributed by atoms with E-state index >= 15 is 0 Å². The summed E-state index contributed by atoms with van der Waals surface area (Å²) in [5.41, 5.74) is -0.609. The van der Waals surface area contributed by atoms with Crippen LogP contribution < -0.4 is 5.32 Å². The zero-order chi connectivity index (χ0) is 20.7. The van der Waals surface area contributed by atoms with Crippen LogP contribution in [0.1, 0.15) is 47.5 Å². The lowest BCUT2D eigenvalue weighted by molar-refractivity contribution is -0.0532. The molecule has 1 saturated heterocycles. The van der Waals surface area contributed by atoms with Gasteiger partial charge in [-0.05, 0) is 66.5 Å². The standard InChI is InChI=1S/C18H36N2O6S/c1-14(2)26-16(11-20(18(3,4)5)27(6,22)23)13-25-17(21)24-12-15-7-9-19-10-8-15/h14-16,19H,7-13H2,1-6H3/t16-/m0/s1. The maximum Gasteiger partial charge on any atom is 0.508 e. The summed E-state index contributed by atoms with van der Waals surface area (Å²) in [5.74, 6) is 0.350. The van der Waals surface area contributed by atoms with Crippen LogP contribution in [0.4, 0.5) is 4.79 Å². The number of nitrogens with one attached hydrogen (secondary N) is 1. The molecule has 1 atom stereocenters. The number of ether oxygens (including phenoxy) is 3. The van der Waals surface area contributed by atoms with Crippen molar-refractivity contribution in [3.8, 4) is 0 Å². The molecule has 27 heavy (non-hydrogen) atoms. The number of sulfonamides is 1. The highest BCUT2D eigenvalue weighted by Gasteiger charge is 2.33. The van der Waals surface area contributed by atoms with Crippen LogP contribution >= 0.6 is 0 Å². The van der Waals surface area contributed by atoms with Crippen molar-refractivity contribution in [1.29, 1.82) is 0 Å². The molecule has 0 aromatic heterocycles. The fourth-order valence-corrected chi connectivity index (χ4v) is 4.48. The lowest BCUT2D eigenvalue weighted by Gasteiger charge is -2.36. The van der Waals surface area contributed by atoms with Gasteiger partial charge in [0.15, 0.2) is 0 Å². The molecule has 1 fully saturated rings. The molecule has 0 aromatic carbocycles. The molecule has 0 radical (unpaired) electrons. The fourth-order valence-electron chi connectivity index (χ4n) is 3.05. The number of nitrogens with zero attached hydrogens (tertiary/aromatic N) is 1. The third-order valence-electron chi connectivity index (χ3n) is 4.27. The van der Waals surface area contributed by atoms with Gasteiger partial charge in [-0.25, -0.2) is 13.2 Å². The normalized spacial score (nSPS) is 17.9. The summed E-state index contributed by atoms with van der Waals surface area (Å²) in [6.07, 6.45) is 1.66. The maximum atomic E-state index is 12.1. The second kappa shape index (κ2) is 10.6. The molecule has 0 aliphatic carbocycles. The van der Waals surface area contributed by atoms with Crippen LogP contribution in [0, 0.1) is 5.92 Å². The van der Waals surface area contributed by atoms with Crippen molar-refractivity contribution >= 4 is 16.2 Å². The Morgan fingerprint density at radius 2 is 1.78 bits per heavy atom. The summed E-state index contributed by atoms with van der Waals surface area (Å²) in [5, 5.41) is 3.26. The van der Waals surface area contributed by atoms with Crippen LogP contribution in [0.25, 0.3) is 0 Å². The number of carbonyl (C=O) groups is 1. The van der Waals surface area contributed by atoms with Gasteiger partial charge >= 0.3 is 6.16 Å². The minimum atomic E-state index is -3.44. The fraction of sp³-hybridized carbons (Fsp3) is 0.944. The van der Waals surface area contributed by atoms with Crippen LogP contribution in [0.3, 0.4) is 0 Å². The minimum absolute atomic E-state index is 0.0642. The molecule has 0 aromatic rings. The predicted molar refractivity (Wildman–Crippen MR) is 104 cm³/mol. The van der Waals surface area contributed by atoms with Crippen LogP contribution in [0.5, 0.6) is 0 Å². The SMILES string of the molecule is CC(C)O[C@H](COC(=O)OCC1CCNCC1)CN(C(C)(C)C)S(C)(=O)=O. The van der Waals surface area contributed by atoms with Gasteiger partial charge in [-0.15, -0.1) is 0 Å². The van der Waals surface area contributed by atoms with Gasteiger partial charge in [0.1, 0.15) is 12.7 Å². The number of hydrogen-bond acceptors (Lipinski definition) is 7. The molecular weight excluding hydrogens is 372 g/mol. The van der Waals surface area contributed by atoms with Crippen LogP contribution in [0.2, 0.25) is 0 Å². The Labute approximate surface area is 164 Å². The smallest absolute Gasteiger partial charge is 0.434 e. The van der Waals surface area contributed by atoms with Gasteiger partial charge in [0.05, 0.1) is 19.0 Å².